The van der Waals surface area contributed by atoms with Gasteiger partial charge in [0.1, 0.15) is 0 Å². The van der Waals surface area contributed by atoms with Gasteiger partial charge in [0.05, 0.1) is 12.7 Å². The quantitative estimate of drug-likeness (QED) is 0.688. The lowest BCUT2D eigenvalue weighted by Gasteiger charge is -2.32. The van der Waals surface area contributed by atoms with Gasteiger partial charge in [0.2, 0.25) is 5.89 Å². The summed E-state index contributed by atoms with van der Waals surface area (Å²) in [6.45, 7) is 4.09. The molecule has 1 unspecified atom stereocenters. The van der Waals surface area contributed by atoms with Crippen molar-refractivity contribution in [2.45, 2.75) is 57.0 Å². The second-order valence-corrected chi connectivity index (χ2v) is 7.60. The Morgan fingerprint density at radius 2 is 2.00 bits per heavy atom. The lowest BCUT2D eigenvalue weighted by atomic mass is 10.1. The van der Waals surface area contributed by atoms with Crippen molar-refractivity contribution in [2.75, 3.05) is 26.2 Å². The average molecular weight is 355 g/mol. The molecular formula is C21H29N3O2. The van der Waals surface area contributed by atoms with E-state index in [4.69, 9.17) is 9.26 Å². The van der Waals surface area contributed by atoms with Crippen molar-refractivity contribution in [3.63, 3.8) is 0 Å². The van der Waals surface area contributed by atoms with Crippen LogP contribution in [-0.4, -0.2) is 47.4 Å². The highest BCUT2D eigenvalue weighted by Gasteiger charge is 2.29. The molecule has 4 rings (SSSR count). The Morgan fingerprint density at radius 1 is 1.12 bits per heavy atom. The standard InChI is InChI=1S/C21H29N3O2/c1-2-6-17(7-3-1)8-4-13-24-14-5-9-19(16-24)25-15-12-20-22-21(26-23-20)18-10-11-18/h1-3,6-7,18-19H,4-5,8-16H2. The SMILES string of the molecule is c1ccc(CCCN2CCCC(OCCc3noc(C4CC4)n3)C2)cc1. The largest absolute Gasteiger partial charge is 0.376 e. The molecule has 1 aliphatic carbocycles. The van der Waals surface area contributed by atoms with Crippen molar-refractivity contribution in [2.24, 2.45) is 0 Å². The van der Waals surface area contributed by atoms with Crippen LogP contribution in [0.3, 0.4) is 0 Å². The van der Waals surface area contributed by atoms with Crippen LogP contribution in [0.15, 0.2) is 34.9 Å². The number of ether oxygens (including phenoxy) is 1. The molecule has 2 heterocycles. The van der Waals surface area contributed by atoms with E-state index in [9.17, 15) is 0 Å². The minimum absolute atomic E-state index is 0.343. The van der Waals surface area contributed by atoms with Crippen LogP contribution in [0.2, 0.25) is 0 Å². The minimum atomic E-state index is 0.343. The van der Waals surface area contributed by atoms with E-state index in [1.54, 1.807) is 0 Å². The molecule has 5 heteroatoms. The molecule has 1 atom stereocenters. The molecule has 5 nitrogen and oxygen atoms in total. The van der Waals surface area contributed by atoms with Crippen LogP contribution >= 0.6 is 0 Å². The van der Waals surface area contributed by atoms with Crippen LogP contribution in [0.25, 0.3) is 0 Å². The van der Waals surface area contributed by atoms with Crippen LogP contribution in [0.5, 0.6) is 0 Å². The predicted octanol–water partition coefficient (Wildman–Crippen LogP) is 3.60. The van der Waals surface area contributed by atoms with Gasteiger partial charge in [-0.15, -0.1) is 0 Å². The minimum Gasteiger partial charge on any atom is -0.376 e. The van der Waals surface area contributed by atoms with Gasteiger partial charge < -0.3 is 14.2 Å². The van der Waals surface area contributed by atoms with E-state index in [2.05, 4.69) is 45.4 Å². The van der Waals surface area contributed by atoms with Gasteiger partial charge in [-0.3, -0.25) is 0 Å². The topological polar surface area (TPSA) is 51.4 Å². The maximum atomic E-state index is 6.10. The molecule has 26 heavy (non-hydrogen) atoms. The highest BCUT2D eigenvalue weighted by Crippen LogP contribution is 2.38. The molecule has 1 saturated carbocycles. The van der Waals surface area contributed by atoms with E-state index in [1.165, 1.54) is 37.8 Å². The second kappa shape index (κ2) is 8.78. The first-order valence-corrected chi connectivity index (χ1v) is 10.1. The number of hydrogen-bond donors (Lipinski definition) is 0. The summed E-state index contributed by atoms with van der Waals surface area (Å²) in [5, 5.41) is 4.07. The Morgan fingerprint density at radius 3 is 2.85 bits per heavy atom. The molecule has 0 amide bonds. The fourth-order valence-corrected chi connectivity index (χ4v) is 3.69. The molecule has 1 saturated heterocycles. The van der Waals surface area contributed by atoms with Crippen molar-refractivity contribution in [3.8, 4) is 0 Å². The lowest BCUT2D eigenvalue weighted by molar-refractivity contribution is 0.000290. The number of rotatable bonds is 9. The summed E-state index contributed by atoms with van der Waals surface area (Å²) in [4.78, 5) is 7.02. The van der Waals surface area contributed by atoms with E-state index in [1.807, 2.05) is 0 Å². The monoisotopic (exact) mass is 355 g/mol. The van der Waals surface area contributed by atoms with E-state index < -0.39 is 0 Å². The molecule has 1 aromatic heterocycles. The number of nitrogens with zero attached hydrogens (tertiary/aromatic N) is 3. The molecule has 0 radical (unpaired) electrons. The molecule has 2 aliphatic rings. The van der Waals surface area contributed by atoms with Gasteiger partial charge in [0, 0.05) is 18.9 Å². The van der Waals surface area contributed by atoms with Crippen molar-refractivity contribution < 1.29 is 9.26 Å². The van der Waals surface area contributed by atoms with Crippen molar-refractivity contribution in [3.05, 3.63) is 47.6 Å². The zero-order chi connectivity index (χ0) is 17.6. The zero-order valence-electron chi connectivity index (χ0n) is 15.5. The van der Waals surface area contributed by atoms with Crippen LogP contribution in [0, 0.1) is 0 Å². The second-order valence-electron chi connectivity index (χ2n) is 7.60. The van der Waals surface area contributed by atoms with Crippen molar-refractivity contribution >= 4 is 0 Å². The van der Waals surface area contributed by atoms with Gasteiger partial charge in [0.25, 0.3) is 0 Å². The van der Waals surface area contributed by atoms with E-state index in [0.717, 1.165) is 44.1 Å². The van der Waals surface area contributed by atoms with E-state index in [0.29, 0.717) is 18.6 Å². The maximum absolute atomic E-state index is 6.10. The molecule has 1 aliphatic heterocycles. The summed E-state index contributed by atoms with van der Waals surface area (Å²) in [5.74, 6) is 2.14. The number of benzene rings is 1. The zero-order valence-corrected chi connectivity index (χ0v) is 15.5. The van der Waals surface area contributed by atoms with E-state index >= 15 is 0 Å². The molecule has 1 aromatic carbocycles. The number of likely N-dealkylation sites (tertiary alicyclic amines) is 1. The number of aromatic nitrogens is 2. The molecule has 2 fully saturated rings. The normalized spacial score (nSPS) is 21.2. The molecular weight excluding hydrogens is 326 g/mol. The maximum Gasteiger partial charge on any atom is 0.229 e. The fourth-order valence-electron chi connectivity index (χ4n) is 3.69. The third kappa shape index (κ3) is 5.15. The number of piperidine rings is 1. The Labute approximate surface area is 155 Å². The summed E-state index contributed by atoms with van der Waals surface area (Å²) in [6.07, 6.45) is 8.24. The summed E-state index contributed by atoms with van der Waals surface area (Å²) in [5.41, 5.74) is 1.43. The lowest BCUT2D eigenvalue weighted by Crippen LogP contribution is -2.40. The highest BCUT2D eigenvalue weighted by molar-refractivity contribution is 5.14. The van der Waals surface area contributed by atoms with Gasteiger partial charge in [-0.05, 0) is 57.2 Å². The first kappa shape index (κ1) is 17.7. The third-order valence-electron chi connectivity index (χ3n) is 5.33. The van der Waals surface area contributed by atoms with Crippen LogP contribution in [0.1, 0.15) is 55.3 Å². The fraction of sp³-hybridized carbons (Fsp3) is 0.619. The molecule has 2 aromatic rings. The predicted molar refractivity (Wildman–Crippen MR) is 100 cm³/mol. The Bertz CT molecular complexity index is 669. The van der Waals surface area contributed by atoms with E-state index in [-0.39, 0.29) is 0 Å². The van der Waals surface area contributed by atoms with Crippen molar-refractivity contribution in [1.82, 2.24) is 15.0 Å². The molecule has 140 valence electrons. The number of aryl methyl sites for hydroxylation is 1. The first-order valence-electron chi connectivity index (χ1n) is 10.1. The Balaban J connectivity index is 1.14. The van der Waals surface area contributed by atoms with Crippen LogP contribution < -0.4 is 0 Å². The molecule has 0 bridgehead atoms. The molecule has 0 spiro atoms. The summed E-state index contributed by atoms with van der Waals surface area (Å²) < 4.78 is 11.4. The highest BCUT2D eigenvalue weighted by atomic mass is 16.5. The third-order valence-corrected chi connectivity index (χ3v) is 5.33. The smallest absolute Gasteiger partial charge is 0.229 e. The van der Waals surface area contributed by atoms with Crippen LogP contribution in [-0.2, 0) is 17.6 Å². The van der Waals surface area contributed by atoms with Gasteiger partial charge >= 0.3 is 0 Å². The first-order chi connectivity index (χ1) is 12.9. The summed E-state index contributed by atoms with van der Waals surface area (Å²) in [6, 6.07) is 10.8. The molecule has 0 N–H and O–H groups in total. The van der Waals surface area contributed by atoms with Gasteiger partial charge in [0.15, 0.2) is 5.82 Å². The summed E-state index contributed by atoms with van der Waals surface area (Å²) >= 11 is 0. The number of hydrogen-bond acceptors (Lipinski definition) is 5. The Kier molecular flexibility index (Phi) is 5.97. The van der Waals surface area contributed by atoms with Crippen LogP contribution in [0.4, 0.5) is 0 Å². The Hall–Kier alpha value is -1.72. The van der Waals surface area contributed by atoms with Gasteiger partial charge in [-0.1, -0.05) is 35.5 Å². The van der Waals surface area contributed by atoms with Crippen molar-refractivity contribution in [1.29, 1.82) is 0 Å². The van der Waals surface area contributed by atoms with Gasteiger partial charge in [-0.2, -0.15) is 4.98 Å². The summed E-state index contributed by atoms with van der Waals surface area (Å²) in [7, 11) is 0. The average Bonchev–Trinajstić information content (AvgIpc) is 3.42. The van der Waals surface area contributed by atoms with Gasteiger partial charge in [-0.25, -0.2) is 0 Å².